The second-order valence-electron chi connectivity index (χ2n) is 5.24. The van der Waals surface area contributed by atoms with Crippen molar-refractivity contribution < 1.29 is 9.90 Å². The molecule has 5 nitrogen and oxygen atoms in total. The van der Waals surface area contributed by atoms with E-state index in [1.54, 1.807) is 6.20 Å². The molecule has 1 saturated heterocycles. The van der Waals surface area contributed by atoms with Gasteiger partial charge in [-0.2, -0.15) is 5.10 Å². The van der Waals surface area contributed by atoms with Crippen molar-refractivity contribution in [2.24, 2.45) is 0 Å². The lowest BCUT2D eigenvalue weighted by Crippen LogP contribution is -2.51. The fourth-order valence-corrected chi connectivity index (χ4v) is 2.42. The number of hydrogen-bond donors (Lipinski definition) is 1. The molecule has 0 aliphatic carbocycles. The summed E-state index contributed by atoms with van der Waals surface area (Å²) in [7, 11) is 0. The van der Waals surface area contributed by atoms with Crippen LogP contribution in [0, 0.1) is 6.92 Å². The molecule has 5 heteroatoms. The monoisotopic (exact) mass is 271 g/mol. The Morgan fingerprint density at radius 3 is 2.75 bits per heavy atom. The Kier molecular flexibility index (Phi) is 3.28. The maximum atomic E-state index is 11.0. The van der Waals surface area contributed by atoms with Crippen LogP contribution in [0.4, 0.5) is 0 Å². The molecule has 3 rings (SSSR count). The van der Waals surface area contributed by atoms with Crippen molar-refractivity contribution in [1.82, 2.24) is 14.7 Å². The zero-order chi connectivity index (χ0) is 14.1. The van der Waals surface area contributed by atoms with Gasteiger partial charge in [0.25, 0.3) is 0 Å². The third kappa shape index (κ3) is 2.44. The van der Waals surface area contributed by atoms with Crippen molar-refractivity contribution in [2.75, 3.05) is 6.54 Å². The second kappa shape index (κ2) is 5.09. The van der Waals surface area contributed by atoms with E-state index in [-0.39, 0.29) is 6.04 Å². The lowest BCUT2D eigenvalue weighted by Gasteiger charge is -2.37. The summed E-state index contributed by atoms with van der Waals surface area (Å²) in [5, 5.41) is 13.4. The van der Waals surface area contributed by atoms with Gasteiger partial charge in [0.15, 0.2) is 0 Å². The normalized spacial score (nSPS) is 18.8. The first-order valence-corrected chi connectivity index (χ1v) is 6.71. The molecule has 2 aromatic rings. The number of aryl methyl sites for hydroxylation is 1. The summed E-state index contributed by atoms with van der Waals surface area (Å²) in [6.07, 6.45) is 4.50. The van der Waals surface area contributed by atoms with E-state index in [9.17, 15) is 4.79 Å². The van der Waals surface area contributed by atoms with Gasteiger partial charge in [-0.25, -0.2) is 4.68 Å². The van der Waals surface area contributed by atoms with Gasteiger partial charge < -0.3 is 5.11 Å². The number of hydrogen-bond acceptors (Lipinski definition) is 3. The Bertz CT molecular complexity index is 618. The molecule has 2 heterocycles. The maximum Gasteiger partial charge on any atom is 0.320 e. The zero-order valence-corrected chi connectivity index (χ0v) is 11.4. The van der Waals surface area contributed by atoms with Crippen LogP contribution in [-0.4, -0.2) is 38.3 Å². The van der Waals surface area contributed by atoms with E-state index in [4.69, 9.17) is 5.11 Å². The molecular weight excluding hydrogens is 254 g/mol. The van der Waals surface area contributed by atoms with E-state index in [0.717, 1.165) is 24.2 Å². The molecule has 1 fully saturated rings. The van der Waals surface area contributed by atoms with Crippen LogP contribution in [0.25, 0.3) is 5.69 Å². The van der Waals surface area contributed by atoms with Crippen molar-refractivity contribution >= 4 is 5.97 Å². The molecule has 1 aromatic carbocycles. The molecule has 0 radical (unpaired) electrons. The Morgan fingerprint density at radius 1 is 1.40 bits per heavy atom. The Morgan fingerprint density at radius 2 is 2.15 bits per heavy atom. The van der Waals surface area contributed by atoms with Gasteiger partial charge >= 0.3 is 5.97 Å². The van der Waals surface area contributed by atoms with Crippen LogP contribution in [0.3, 0.4) is 0 Å². The van der Waals surface area contributed by atoms with E-state index in [2.05, 4.69) is 5.10 Å². The van der Waals surface area contributed by atoms with Gasteiger partial charge in [0.1, 0.15) is 6.04 Å². The van der Waals surface area contributed by atoms with Crippen LogP contribution in [0.15, 0.2) is 36.7 Å². The van der Waals surface area contributed by atoms with Crippen LogP contribution in [-0.2, 0) is 11.3 Å². The van der Waals surface area contributed by atoms with Crippen molar-refractivity contribution in [3.8, 4) is 5.69 Å². The molecule has 1 aliphatic rings. The van der Waals surface area contributed by atoms with Crippen LogP contribution < -0.4 is 0 Å². The van der Waals surface area contributed by atoms with Gasteiger partial charge in [0, 0.05) is 24.8 Å². The second-order valence-corrected chi connectivity index (χ2v) is 5.24. The van der Waals surface area contributed by atoms with Crippen LogP contribution in [0.2, 0.25) is 0 Å². The summed E-state index contributed by atoms with van der Waals surface area (Å²) in [6.45, 7) is 3.53. The topological polar surface area (TPSA) is 58.4 Å². The van der Waals surface area contributed by atoms with Gasteiger partial charge in [-0.1, -0.05) is 17.7 Å². The number of nitrogens with zero attached hydrogens (tertiary/aromatic N) is 3. The number of likely N-dealkylation sites (tertiary alicyclic amines) is 1. The van der Waals surface area contributed by atoms with Gasteiger partial charge in [0.05, 0.1) is 11.9 Å². The molecule has 1 aromatic heterocycles. The number of carbonyl (C=O) groups is 1. The minimum Gasteiger partial charge on any atom is -0.480 e. The SMILES string of the molecule is Cc1ccc(-n2cc(CN3CC[C@@H]3C(=O)O)cn2)cc1. The lowest BCUT2D eigenvalue weighted by molar-refractivity contribution is -0.148. The summed E-state index contributed by atoms with van der Waals surface area (Å²) in [6, 6.07) is 7.81. The van der Waals surface area contributed by atoms with E-state index in [1.165, 1.54) is 5.56 Å². The average Bonchev–Trinajstić information content (AvgIpc) is 2.83. The Hall–Kier alpha value is -2.14. The van der Waals surface area contributed by atoms with Crippen LogP contribution >= 0.6 is 0 Å². The molecule has 0 spiro atoms. The average molecular weight is 271 g/mol. The summed E-state index contributed by atoms with van der Waals surface area (Å²) in [5.74, 6) is -0.734. The molecular formula is C15H17N3O2. The predicted octanol–water partition coefficient (Wildman–Crippen LogP) is 1.84. The smallest absolute Gasteiger partial charge is 0.320 e. The highest BCUT2D eigenvalue weighted by atomic mass is 16.4. The third-order valence-electron chi connectivity index (χ3n) is 3.74. The van der Waals surface area contributed by atoms with Gasteiger partial charge in [-0.05, 0) is 25.5 Å². The summed E-state index contributed by atoms with van der Waals surface area (Å²) >= 11 is 0. The molecule has 104 valence electrons. The Labute approximate surface area is 117 Å². The molecule has 0 amide bonds. The molecule has 1 aliphatic heterocycles. The van der Waals surface area contributed by atoms with Crippen molar-refractivity contribution in [3.05, 3.63) is 47.8 Å². The van der Waals surface area contributed by atoms with E-state index in [1.807, 2.05) is 47.0 Å². The Balaban J connectivity index is 1.71. The predicted molar refractivity (Wildman–Crippen MR) is 74.8 cm³/mol. The first-order valence-electron chi connectivity index (χ1n) is 6.71. The fourth-order valence-electron chi connectivity index (χ4n) is 2.42. The third-order valence-corrected chi connectivity index (χ3v) is 3.74. The first-order chi connectivity index (χ1) is 9.63. The molecule has 0 saturated carbocycles. The fraction of sp³-hybridized carbons (Fsp3) is 0.333. The molecule has 0 bridgehead atoms. The number of aromatic nitrogens is 2. The van der Waals surface area contributed by atoms with Crippen LogP contribution in [0.1, 0.15) is 17.5 Å². The standard InChI is InChI=1S/C15H17N3O2/c1-11-2-4-13(5-3-11)18-10-12(8-16-18)9-17-7-6-14(17)15(19)20/h2-5,8,10,14H,6-7,9H2,1H3,(H,19,20)/t14-/m1/s1. The van der Waals surface area contributed by atoms with Crippen molar-refractivity contribution in [2.45, 2.75) is 25.9 Å². The highest BCUT2D eigenvalue weighted by Gasteiger charge is 2.33. The van der Waals surface area contributed by atoms with E-state index in [0.29, 0.717) is 6.54 Å². The summed E-state index contributed by atoms with van der Waals surface area (Å²) < 4.78 is 1.82. The number of aliphatic carboxylic acids is 1. The summed E-state index contributed by atoms with van der Waals surface area (Å²) in [4.78, 5) is 12.9. The quantitative estimate of drug-likeness (QED) is 0.922. The molecule has 1 atom stereocenters. The van der Waals surface area contributed by atoms with Gasteiger partial charge in [-0.15, -0.1) is 0 Å². The first kappa shape index (κ1) is 12.9. The van der Waals surface area contributed by atoms with Crippen molar-refractivity contribution in [3.63, 3.8) is 0 Å². The summed E-state index contributed by atoms with van der Waals surface area (Å²) in [5.41, 5.74) is 3.27. The van der Waals surface area contributed by atoms with E-state index >= 15 is 0 Å². The van der Waals surface area contributed by atoms with E-state index < -0.39 is 5.97 Å². The van der Waals surface area contributed by atoms with Gasteiger partial charge in [-0.3, -0.25) is 9.69 Å². The number of carboxylic acids is 1. The lowest BCUT2D eigenvalue weighted by atomic mass is 10.0. The highest BCUT2D eigenvalue weighted by Crippen LogP contribution is 2.21. The molecule has 20 heavy (non-hydrogen) atoms. The number of carboxylic acid groups (broad SMARTS) is 1. The largest absolute Gasteiger partial charge is 0.480 e. The maximum absolute atomic E-state index is 11.0. The minimum atomic E-state index is -0.734. The van der Waals surface area contributed by atoms with Crippen molar-refractivity contribution in [1.29, 1.82) is 0 Å². The minimum absolute atomic E-state index is 0.335. The van der Waals surface area contributed by atoms with Gasteiger partial charge in [0.2, 0.25) is 0 Å². The zero-order valence-electron chi connectivity index (χ0n) is 11.4. The molecule has 1 N–H and O–H groups in total. The highest BCUT2D eigenvalue weighted by molar-refractivity contribution is 5.74. The number of rotatable bonds is 4. The molecule has 0 unspecified atom stereocenters. The number of benzene rings is 1. The van der Waals surface area contributed by atoms with Crippen LogP contribution in [0.5, 0.6) is 0 Å².